The van der Waals surface area contributed by atoms with Gasteiger partial charge in [-0.1, -0.05) is 0 Å². The molecule has 1 aliphatic heterocycles. The standard InChI is InChI=1S/C9H15ClO6/c1-4(12)15-8-6(10)9(14-2)16-5(3-11)7(8)13/h5-9,11,13H,3H2,1-2H3/t5-,6-,7-,8-,9+/m1/s1. The van der Waals surface area contributed by atoms with Gasteiger partial charge in [-0.15, -0.1) is 11.6 Å². The Morgan fingerprint density at radius 1 is 1.56 bits per heavy atom. The van der Waals surface area contributed by atoms with Gasteiger partial charge in [0.15, 0.2) is 12.4 Å². The average Bonchev–Trinajstić information content (AvgIpc) is 2.24. The lowest BCUT2D eigenvalue weighted by atomic mass is 10.0. The van der Waals surface area contributed by atoms with E-state index in [9.17, 15) is 9.90 Å². The Labute approximate surface area is 98.0 Å². The third kappa shape index (κ3) is 2.83. The van der Waals surface area contributed by atoms with E-state index < -0.39 is 42.6 Å². The van der Waals surface area contributed by atoms with Crippen LogP contribution in [0.5, 0.6) is 0 Å². The third-order valence-electron chi connectivity index (χ3n) is 2.31. The van der Waals surface area contributed by atoms with E-state index in [2.05, 4.69) is 0 Å². The highest BCUT2D eigenvalue weighted by Crippen LogP contribution is 2.27. The van der Waals surface area contributed by atoms with Crippen LogP contribution in [0.1, 0.15) is 6.92 Å². The number of esters is 1. The van der Waals surface area contributed by atoms with Crippen molar-refractivity contribution in [2.24, 2.45) is 0 Å². The number of halogens is 1. The minimum atomic E-state index is -1.18. The highest BCUT2D eigenvalue weighted by atomic mass is 35.5. The van der Waals surface area contributed by atoms with Gasteiger partial charge in [0.2, 0.25) is 0 Å². The Kier molecular flexibility index (Phi) is 4.94. The van der Waals surface area contributed by atoms with E-state index in [1.165, 1.54) is 14.0 Å². The van der Waals surface area contributed by atoms with Gasteiger partial charge >= 0.3 is 5.97 Å². The van der Waals surface area contributed by atoms with Crippen molar-refractivity contribution in [1.29, 1.82) is 0 Å². The van der Waals surface area contributed by atoms with Crippen LogP contribution in [0, 0.1) is 0 Å². The molecule has 0 radical (unpaired) electrons. The van der Waals surface area contributed by atoms with E-state index in [-0.39, 0.29) is 0 Å². The molecule has 1 saturated heterocycles. The number of hydrogen-bond acceptors (Lipinski definition) is 6. The lowest BCUT2D eigenvalue weighted by Crippen LogP contribution is -2.58. The number of hydrogen-bond donors (Lipinski definition) is 2. The average molecular weight is 255 g/mol. The van der Waals surface area contributed by atoms with Crippen LogP contribution in [0.2, 0.25) is 0 Å². The molecule has 0 aromatic carbocycles. The zero-order chi connectivity index (χ0) is 12.3. The topological polar surface area (TPSA) is 85.2 Å². The van der Waals surface area contributed by atoms with Gasteiger partial charge in [-0.2, -0.15) is 0 Å². The smallest absolute Gasteiger partial charge is 0.303 e. The number of carbonyl (C=O) groups excluding carboxylic acids is 1. The lowest BCUT2D eigenvalue weighted by molar-refractivity contribution is -0.250. The summed E-state index contributed by atoms with van der Waals surface area (Å²) in [6, 6.07) is 0. The summed E-state index contributed by atoms with van der Waals surface area (Å²) in [5.41, 5.74) is 0. The first-order valence-electron chi connectivity index (χ1n) is 4.79. The van der Waals surface area contributed by atoms with Crippen LogP contribution in [-0.2, 0) is 19.0 Å². The van der Waals surface area contributed by atoms with Crippen molar-refractivity contribution in [3.05, 3.63) is 0 Å². The maximum Gasteiger partial charge on any atom is 0.303 e. The minimum Gasteiger partial charge on any atom is -0.458 e. The number of ether oxygens (including phenoxy) is 3. The number of carbonyl (C=O) groups is 1. The molecule has 0 aromatic heterocycles. The molecule has 5 atom stereocenters. The molecule has 1 heterocycles. The molecule has 0 saturated carbocycles. The fourth-order valence-corrected chi connectivity index (χ4v) is 1.91. The van der Waals surface area contributed by atoms with Crippen LogP contribution >= 0.6 is 11.6 Å². The van der Waals surface area contributed by atoms with Crippen molar-refractivity contribution in [3.63, 3.8) is 0 Å². The first kappa shape index (κ1) is 13.7. The molecule has 0 spiro atoms. The van der Waals surface area contributed by atoms with Gasteiger partial charge < -0.3 is 24.4 Å². The van der Waals surface area contributed by atoms with Crippen LogP contribution in [0.3, 0.4) is 0 Å². The predicted molar refractivity (Wildman–Crippen MR) is 54.0 cm³/mol. The molecular formula is C9H15ClO6. The number of rotatable bonds is 3. The van der Waals surface area contributed by atoms with Gasteiger partial charge in [0, 0.05) is 14.0 Å². The molecule has 1 fully saturated rings. The van der Waals surface area contributed by atoms with Gasteiger partial charge in [-0.05, 0) is 0 Å². The molecule has 2 N–H and O–H groups in total. The van der Waals surface area contributed by atoms with Gasteiger partial charge in [0.25, 0.3) is 0 Å². The van der Waals surface area contributed by atoms with Crippen LogP contribution in [0.25, 0.3) is 0 Å². The van der Waals surface area contributed by atoms with Gasteiger partial charge in [-0.25, -0.2) is 0 Å². The van der Waals surface area contributed by atoms with E-state index >= 15 is 0 Å². The predicted octanol–water partition coefficient (Wildman–Crippen LogP) is -0.750. The summed E-state index contributed by atoms with van der Waals surface area (Å²) < 4.78 is 15.0. The Morgan fingerprint density at radius 3 is 2.62 bits per heavy atom. The molecule has 6 nitrogen and oxygen atoms in total. The van der Waals surface area contributed by atoms with E-state index in [0.29, 0.717) is 0 Å². The van der Waals surface area contributed by atoms with E-state index in [1.807, 2.05) is 0 Å². The molecule has 0 bridgehead atoms. The lowest BCUT2D eigenvalue weighted by Gasteiger charge is -2.40. The molecule has 0 unspecified atom stereocenters. The monoisotopic (exact) mass is 254 g/mol. The molecule has 0 aliphatic carbocycles. The molecule has 0 amide bonds. The Bertz CT molecular complexity index is 232. The summed E-state index contributed by atoms with van der Waals surface area (Å²) in [7, 11) is 1.37. The second kappa shape index (κ2) is 5.79. The quantitative estimate of drug-likeness (QED) is 0.509. The Hall–Kier alpha value is -0.400. The van der Waals surface area contributed by atoms with Crippen molar-refractivity contribution in [3.8, 4) is 0 Å². The maximum atomic E-state index is 10.9. The van der Waals surface area contributed by atoms with Crippen molar-refractivity contribution >= 4 is 17.6 Å². The fraction of sp³-hybridized carbons (Fsp3) is 0.889. The van der Waals surface area contributed by atoms with Crippen LogP contribution < -0.4 is 0 Å². The zero-order valence-electron chi connectivity index (χ0n) is 9.00. The second-order valence-corrected chi connectivity index (χ2v) is 3.97. The minimum absolute atomic E-state index is 0.414. The largest absolute Gasteiger partial charge is 0.458 e. The SMILES string of the molecule is CO[C@H]1O[C@H](CO)[C@@H](O)[C@H](OC(C)=O)[C@H]1Cl. The van der Waals surface area contributed by atoms with Crippen molar-refractivity contribution < 1.29 is 29.2 Å². The normalized spacial score (nSPS) is 39.4. The maximum absolute atomic E-state index is 10.9. The van der Waals surface area contributed by atoms with E-state index in [1.54, 1.807) is 0 Å². The van der Waals surface area contributed by atoms with Gasteiger partial charge in [0.1, 0.15) is 17.6 Å². The summed E-state index contributed by atoms with van der Waals surface area (Å²) in [4.78, 5) is 10.9. The van der Waals surface area contributed by atoms with Gasteiger partial charge in [0.05, 0.1) is 6.61 Å². The Balaban J connectivity index is 2.79. The molecule has 7 heteroatoms. The van der Waals surface area contributed by atoms with Gasteiger partial charge in [-0.3, -0.25) is 4.79 Å². The van der Waals surface area contributed by atoms with Crippen molar-refractivity contribution in [2.45, 2.75) is 36.9 Å². The highest BCUT2D eigenvalue weighted by Gasteiger charge is 2.46. The van der Waals surface area contributed by atoms with Crippen molar-refractivity contribution in [2.75, 3.05) is 13.7 Å². The first-order valence-corrected chi connectivity index (χ1v) is 5.23. The molecule has 16 heavy (non-hydrogen) atoms. The van der Waals surface area contributed by atoms with Crippen LogP contribution in [-0.4, -0.2) is 59.9 Å². The first-order chi connectivity index (χ1) is 7.51. The third-order valence-corrected chi connectivity index (χ3v) is 2.77. The number of methoxy groups -OCH3 is 1. The summed E-state index contributed by atoms with van der Waals surface area (Å²) in [6.45, 7) is 0.796. The Morgan fingerprint density at radius 2 is 2.19 bits per heavy atom. The van der Waals surface area contributed by atoms with Crippen LogP contribution in [0.4, 0.5) is 0 Å². The summed E-state index contributed by atoms with van der Waals surface area (Å²) >= 11 is 5.94. The van der Waals surface area contributed by atoms with Crippen LogP contribution in [0.15, 0.2) is 0 Å². The second-order valence-electron chi connectivity index (χ2n) is 3.47. The molecular weight excluding hydrogens is 240 g/mol. The highest BCUT2D eigenvalue weighted by molar-refractivity contribution is 6.21. The number of alkyl halides is 1. The van der Waals surface area contributed by atoms with E-state index in [0.717, 1.165) is 0 Å². The van der Waals surface area contributed by atoms with E-state index in [4.69, 9.17) is 30.9 Å². The fourth-order valence-electron chi connectivity index (χ4n) is 1.55. The summed E-state index contributed by atoms with van der Waals surface area (Å²) in [5, 5.41) is 17.9. The molecule has 1 aliphatic rings. The number of aliphatic hydroxyl groups is 2. The summed E-state index contributed by atoms with van der Waals surface area (Å²) in [6.07, 6.45) is -3.87. The molecule has 1 rings (SSSR count). The zero-order valence-corrected chi connectivity index (χ0v) is 9.76. The molecule has 0 aromatic rings. The molecule has 94 valence electrons. The van der Waals surface area contributed by atoms with Crippen molar-refractivity contribution in [1.82, 2.24) is 0 Å². The number of aliphatic hydroxyl groups excluding tert-OH is 2. The summed E-state index contributed by atoms with van der Waals surface area (Å²) in [5.74, 6) is -0.567.